The highest BCUT2D eigenvalue weighted by molar-refractivity contribution is 6.08. The first-order valence-electron chi connectivity index (χ1n) is 8.10. The minimum absolute atomic E-state index is 0.709. The Kier molecular flexibility index (Phi) is 3.06. The van der Waals surface area contributed by atoms with E-state index in [-0.39, 0.29) is 0 Å². The van der Waals surface area contributed by atoms with Crippen LogP contribution < -0.4 is 4.90 Å². The summed E-state index contributed by atoms with van der Waals surface area (Å²) in [6.07, 6.45) is 3.01. The van der Waals surface area contributed by atoms with E-state index in [1.807, 2.05) is 0 Å². The van der Waals surface area contributed by atoms with Crippen molar-refractivity contribution in [2.75, 3.05) is 18.0 Å². The molecule has 0 unspecified atom stereocenters. The predicted molar refractivity (Wildman–Crippen MR) is 91.3 cm³/mol. The molecule has 0 amide bonds. The lowest BCUT2D eigenvalue weighted by Gasteiger charge is -2.35. The van der Waals surface area contributed by atoms with Crippen molar-refractivity contribution < 1.29 is 0 Å². The summed E-state index contributed by atoms with van der Waals surface area (Å²) in [4.78, 5) is 15.1. The number of fused-ring (bicyclic) bond motifs is 3. The minimum Gasteiger partial charge on any atom is -0.354 e. The molecule has 1 N–H and O–H groups in total. The third kappa shape index (κ3) is 2.14. The van der Waals surface area contributed by atoms with Crippen molar-refractivity contribution in [3.63, 3.8) is 0 Å². The molecule has 114 valence electrons. The summed E-state index contributed by atoms with van der Waals surface area (Å²) in [6, 6.07) is 6.48. The summed E-state index contributed by atoms with van der Waals surface area (Å²) >= 11 is 0. The van der Waals surface area contributed by atoms with Crippen molar-refractivity contribution >= 4 is 27.8 Å². The predicted octanol–water partition coefficient (Wildman–Crippen LogP) is 3.90. The molecule has 0 aliphatic carbocycles. The van der Waals surface area contributed by atoms with Gasteiger partial charge in [0.15, 0.2) is 5.82 Å². The zero-order chi connectivity index (χ0) is 15.3. The van der Waals surface area contributed by atoms with Gasteiger partial charge in [0, 0.05) is 24.0 Å². The molecule has 4 nitrogen and oxygen atoms in total. The van der Waals surface area contributed by atoms with Crippen LogP contribution in [-0.2, 0) is 0 Å². The zero-order valence-electron chi connectivity index (χ0n) is 13.4. The number of nitrogens with one attached hydrogen (secondary N) is 1. The molecular formula is C18H22N4. The number of hydrogen-bond donors (Lipinski definition) is 1. The van der Waals surface area contributed by atoms with Crippen molar-refractivity contribution in [2.45, 2.75) is 27.2 Å². The quantitative estimate of drug-likeness (QED) is 0.740. The van der Waals surface area contributed by atoms with Crippen molar-refractivity contribution in [1.82, 2.24) is 15.0 Å². The second-order valence-corrected chi connectivity index (χ2v) is 6.95. The number of rotatable bonds is 1. The van der Waals surface area contributed by atoms with Gasteiger partial charge in [0.05, 0.1) is 0 Å². The SMILES string of the molecule is Cc1ccc2c(c1)[nH]c1c(N3C[C@H](C)C[C@H](C)C3)ncnc12. The lowest BCUT2D eigenvalue weighted by atomic mass is 9.92. The topological polar surface area (TPSA) is 44.8 Å². The third-order valence-corrected chi connectivity index (χ3v) is 4.69. The van der Waals surface area contributed by atoms with Gasteiger partial charge in [-0.2, -0.15) is 0 Å². The molecule has 0 radical (unpaired) electrons. The van der Waals surface area contributed by atoms with Gasteiger partial charge in [0.1, 0.15) is 17.4 Å². The van der Waals surface area contributed by atoms with Crippen molar-refractivity contribution in [3.8, 4) is 0 Å². The monoisotopic (exact) mass is 294 g/mol. The van der Waals surface area contributed by atoms with Gasteiger partial charge in [0.2, 0.25) is 0 Å². The van der Waals surface area contributed by atoms with Gasteiger partial charge in [-0.05, 0) is 36.8 Å². The first-order chi connectivity index (χ1) is 10.6. The van der Waals surface area contributed by atoms with Gasteiger partial charge in [-0.3, -0.25) is 0 Å². The number of nitrogens with zero attached hydrogens (tertiary/aromatic N) is 3. The summed E-state index contributed by atoms with van der Waals surface area (Å²) in [5, 5.41) is 1.18. The number of hydrogen-bond acceptors (Lipinski definition) is 3. The zero-order valence-corrected chi connectivity index (χ0v) is 13.4. The highest BCUT2D eigenvalue weighted by Crippen LogP contribution is 2.32. The third-order valence-electron chi connectivity index (χ3n) is 4.69. The van der Waals surface area contributed by atoms with Gasteiger partial charge in [0.25, 0.3) is 0 Å². The lowest BCUT2D eigenvalue weighted by molar-refractivity contribution is 0.356. The Balaban J connectivity index is 1.89. The van der Waals surface area contributed by atoms with E-state index in [0.717, 1.165) is 35.5 Å². The number of benzene rings is 1. The maximum atomic E-state index is 4.60. The van der Waals surface area contributed by atoms with E-state index < -0.39 is 0 Å². The molecule has 0 bridgehead atoms. The number of piperidine rings is 1. The largest absolute Gasteiger partial charge is 0.354 e. The van der Waals surface area contributed by atoms with E-state index in [1.54, 1.807) is 6.33 Å². The van der Waals surface area contributed by atoms with Gasteiger partial charge in [-0.25, -0.2) is 9.97 Å². The molecule has 0 saturated carbocycles. The molecule has 0 spiro atoms. The van der Waals surface area contributed by atoms with E-state index >= 15 is 0 Å². The van der Waals surface area contributed by atoms with Gasteiger partial charge < -0.3 is 9.88 Å². The van der Waals surface area contributed by atoms with E-state index in [0.29, 0.717) is 11.8 Å². The Morgan fingerprint density at radius 1 is 1.14 bits per heavy atom. The normalized spacial score (nSPS) is 22.6. The van der Waals surface area contributed by atoms with Crippen LogP contribution in [0.25, 0.3) is 21.9 Å². The number of aromatic amines is 1. The van der Waals surface area contributed by atoms with E-state index in [9.17, 15) is 0 Å². The molecule has 1 saturated heterocycles. The van der Waals surface area contributed by atoms with Crippen LogP contribution in [-0.4, -0.2) is 28.0 Å². The van der Waals surface area contributed by atoms with Crippen LogP contribution in [0.15, 0.2) is 24.5 Å². The van der Waals surface area contributed by atoms with E-state index in [4.69, 9.17) is 0 Å². The molecule has 4 rings (SSSR count). The molecule has 2 aromatic heterocycles. The Morgan fingerprint density at radius 3 is 2.68 bits per heavy atom. The summed E-state index contributed by atoms with van der Waals surface area (Å²) < 4.78 is 0. The van der Waals surface area contributed by atoms with Crippen molar-refractivity contribution in [3.05, 3.63) is 30.1 Å². The van der Waals surface area contributed by atoms with Crippen LogP contribution in [0.4, 0.5) is 5.82 Å². The number of anilines is 1. The van der Waals surface area contributed by atoms with E-state index in [2.05, 4.69) is 58.8 Å². The van der Waals surface area contributed by atoms with Crippen LogP contribution >= 0.6 is 0 Å². The smallest absolute Gasteiger partial charge is 0.156 e. The first-order valence-corrected chi connectivity index (χ1v) is 8.10. The second-order valence-electron chi connectivity index (χ2n) is 6.95. The first kappa shape index (κ1) is 13.6. The molecule has 1 aliphatic heterocycles. The summed E-state index contributed by atoms with van der Waals surface area (Å²) in [5.74, 6) is 2.47. The maximum Gasteiger partial charge on any atom is 0.156 e. The highest BCUT2D eigenvalue weighted by Gasteiger charge is 2.25. The summed E-state index contributed by atoms with van der Waals surface area (Å²) in [6.45, 7) is 8.92. The molecule has 22 heavy (non-hydrogen) atoms. The molecule has 1 aliphatic rings. The Bertz CT molecular complexity index is 826. The fraction of sp³-hybridized carbons (Fsp3) is 0.444. The van der Waals surface area contributed by atoms with Crippen LogP contribution in [0.2, 0.25) is 0 Å². The fourth-order valence-corrected chi connectivity index (χ4v) is 3.87. The van der Waals surface area contributed by atoms with E-state index in [1.165, 1.54) is 17.4 Å². The lowest BCUT2D eigenvalue weighted by Crippen LogP contribution is -2.39. The second kappa shape index (κ2) is 4.97. The molecular weight excluding hydrogens is 272 g/mol. The standard InChI is InChI=1S/C18H22N4/c1-11-4-5-14-15(7-11)21-17-16(14)19-10-20-18(17)22-8-12(2)6-13(3)9-22/h4-5,7,10,12-13,21H,6,8-9H2,1-3H3/t12-,13+. The fourth-order valence-electron chi connectivity index (χ4n) is 3.87. The Morgan fingerprint density at radius 2 is 1.91 bits per heavy atom. The minimum atomic E-state index is 0.709. The molecule has 1 aromatic carbocycles. The van der Waals surface area contributed by atoms with Crippen LogP contribution in [0, 0.1) is 18.8 Å². The molecule has 2 atom stereocenters. The number of aromatic nitrogens is 3. The van der Waals surface area contributed by atoms with Crippen LogP contribution in [0.3, 0.4) is 0 Å². The molecule has 3 aromatic rings. The van der Waals surface area contributed by atoms with Gasteiger partial charge in [-0.15, -0.1) is 0 Å². The van der Waals surface area contributed by atoms with Crippen LogP contribution in [0.5, 0.6) is 0 Å². The molecule has 4 heteroatoms. The molecule has 3 heterocycles. The average Bonchev–Trinajstić information content (AvgIpc) is 2.83. The number of aryl methyl sites for hydroxylation is 1. The Hall–Kier alpha value is -2.10. The van der Waals surface area contributed by atoms with Crippen molar-refractivity contribution in [2.24, 2.45) is 11.8 Å². The van der Waals surface area contributed by atoms with Crippen molar-refractivity contribution in [1.29, 1.82) is 0 Å². The van der Waals surface area contributed by atoms with Gasteiger partial charge >= 0.3 is 0 Å². The highest BCUT2D eigenvalue weighted by atomic mass is 15.2. The summed E-state index contributed by atoms with van der Waals surface area (Å²) in [7, 11) is 0. The molecule has 1 fully saturated rings. The number of H-pyrrole nitrogens is 1. The maximum absolute atomic E-state index is 4.60. The average molecular weight is 294 g/mol. The van der Waals surface area contributed by atoms with Crippen LogP contribution in [0.1, 0.15) is 25.8 Å². The van der Waals surface area contributed by atoms with Gasteiger partial charge in [-0.1, -0.05) is 26.0 Å². The summed E-state index contributed by atoms with van der Waals surface area (Å²) in [5.41, 5.74) is 4.51. The Labute approximate surface area is 130 Å².